The lowest BCUT2D eigenvalue weighted by Gasteiger charge is -2.34. The lowest BCUT2D eigenvalue weighted by Crippen LogP contribution is -2.54. The second-order valence-corrected chi connectivity index (χ2v) is 9.49. The van der Waals surface area contributed by atoms with E-state index in [2.05, 4.69) is 10.6 Å². The van der Waals surface area contributed by atoms with Crippen molar-refractivity contribution >= 4 is 23.8 Å². The number of unbranched alkanes of at least 4 members (excludes halogenated alkanes) is 1. The van der Waals surface area contributed by atoms with Crippen molar-refractivity contribution in [3.8, 4) is 5.75 Å². The Labute approximate surface area is 207 Å². The highest BCUT2D eigenvalue weighted by Gasteiger charge is 2.36. The van der Waals surface area contributed by atoms with Crippen molar-refractivity contribution in [2.24, 2.45) is 5.73 Å². The number of nitrogens with one attached hydrogen (secondary N) is 2. The Kier molecular flexibility index (Phi) is 11.5. The van der Waals surface area contributed by atoms with E-state index in [4.69, 9.17) is 10.5 Å². The van der Waals surface area contributed by atoms with Crippen molar-refractivity contribution in [2.75, 3.05) is 13.1 Å². The van der Waals surface area contributed by atoms with E-state index in [0.717, 1.165) is 12.8 Å². The van der Waals surface area contributed by atoms with E-state index in [1.54, 1.807) is 39.8 Å². The Morgan fingerprint density at radius 1 is 1.14 bits per heavy atom. The fraction of sp³-hybridized carbons (Fsp3) is 0.600. The number of alkyl carbamates (subject to hydrolysis) is 1. The molecule has 35 heavy (non-hydrogen) atoms. The largest absolute Gasteiger partial charge is 0.508 e. The maximum Gasteiger partial charge on any atom is 0.408 e. The molecule has 2 atom stereocenters. The summed E-state index contributed by atoms with van der Waals surface area (Å²) in [6.45, 7) is 11.2. The smallest absolute Gasteiger partial charge is 0.408 e. The van der Waals surface area contributed by atoms with Gasteiger partial charge in [0.15, 0.2) is 0 Å². The molecule has 1 aromatic carbocycles. The summed E-state index contributed by atoms with van der Waals surface area (Å²) in [5, 5.41) is 15.3. The number of aryl methyl sites for hydroxylation is 1. The zero-order valence-electron chi connectivity index (χ0n) is 21.6. The Hall–Kier alpha value is -3.30. The molecular formula is C25H40N4O6. The van der Waals surface area contributed by atoms with Crippen LogP contribution in [0, 0.1) is 6.92 Å². The molecule has 4 amide bonds. The lowest BCUT2D eigenvalue weighted by molar-refractivity contribution is -0.143. The summed E-state index contributed by atoms with van der Waals surface area (Å²) in [6, 6.07) is 2.31. The van der Waals surface area contributed by atoms with Crippen LogP contribution in [0.3, 0.4) is 0 Å². The first-order valence-electron chi connectivity index (χ1n) is 12.0. The van der Waals surface area contributed by atoms with Gasteiger partial charge >= 0.3 is 6.09 Å². The Balaban J connectivity index is 3.43. The number of carbonyl (C=O) groups excluding carboxylic acids is 4. The summed E-state index contributed by atoms with van der Waals surface area (Å²) in [6.07, 6.45) is 0.813. The van der Waals surface area contributed by atoms with E-state index >= 15 is 0 Å². The maximum atomic E-state index is 13.7. The van der Waals surface area contributed by atoms with Crippen LogP contribution in [0.4, 0.5) is 4.79 Å². The van der Waals surface area contributed by atoms with Gasteiger partial charge < -0.3 is 31.1 Å². The summed E-state index contributed by atoms with van der Waals surface area (Å²) in [4.78, 5) is 52.5. The van der Waals surface area contributed by atoms with Gasteiger partial charge in [-0.2, -0.15) is 0 Å². The van der Waals surface area contributed by atoms with Crippen molar-refractivity contribution in [1.29, 1.82) is 0 Å². The van der Waals surface area contributed by atoms with Crippen molar-refractivity contribution < 1.29 is 29.0 Å². The summed E-state index contributed by atoms with van der Waals surface area (Å²) in [5.74, 6) is -1.77. The lowest BCUT2D eigenvalue weighted by atomic mass is 9.99. The first-order valence-corrected chi connectivity index (χ1v) is 12.0. The molecule has 10 nitrogen and oxygen atoms in total. The molecule has 0 saturated carbocycles. The van der Waals surface area contributed by atoms with Crippen LogP contribution in [0.25, 0.3) is 0 Å². The van der Waals surface area contributed by atoms with Crippen LogP contribution in [0.2, 0.25) is 0 Å². The number of rotatable bonds is 12. The van der Waals surface area contributed by atoms with Gasteiger partial charge in [0.1, 0.15) is 23.4 Å². The molecule has 1 aromatic rings. The quantitative estimate of drug-likeness (QED) is 0.329. The van der Waals surface area contributed by atoms with Gasteiger partial charge in [-0.1, -0.05) is 26.3 Å². The summed E-state index contributed by atoms with van der Waals surface area (Å²) in [5.41, 5.74) is 5.58. The van der Waals surface area contributed by atoms with Gasteiger partial charge in [-0.05, 0) is 63.8 Å². The number of carbonyl (C=O) groups is 4. The number of benzene rings is 1. The van der Waals surface area contributed by atoms with Gasteiger partial charge in [0.25, 0.3) is 0 Å². The summed E-state index contributed by atoms with van der Waals surface area (Å²) < 4.78 is 5.25. The number of aromatic hydroxyl groups is 1. The first kappa shape index (κ1) is 29.7. The predicted molar refractivity (Wildman–Crippen MR) is 132 cm³/mol. The van der Waals surface area contributed by atoms with E-state index < -0.39 is 47.9 Å². The molecule has 2 unspecified atom stereocenters. The highest BCUT2D eigenvalue weighted by molar-refractivity contribution is 5.94. The molecule has 0 aromatic heterocycles. The number of nitrogens with two attached hydrogens (primary N) is 1. The molecule has 0 saturated heterocycles. The molecular weight excluding hydrogens is 452 g/mol. The standard InChI is InChI=1S/C25H40N4O6/c1-7-9-12-27-22(32)21(17-10-11-19(30)16(3)14-17)29(13-8-2)23(33)18(15-20(26)31)28-24(34)35-25(4,5)6/h10-11,14,18,21,30H,7-9,12-13,15H2,1-6H3,(H2,26,31)(H,27,32)(H,28,34). The van der Waals surface area contributed by atoms with Crippen LogP contribution in [0.1, 0.15) is 77.5 Å². The molecule has 5 N–H and O–H groups in total. The van der Waals surface area contributed by atoms with E-state index in [9.17, 15) is 24.3 Å². The number of ether oxygens (including phenoxy) is 1. The van der Waals surface area contributed by atoms with E-state index in [-0.39, 0.29) is 12.3 Å². The van der Waals surface area contributed by atoms with Gasteiger partial charge in [0.2, 0.25) is 17.7 Å². The SMILES string of the molecule is CCCCNC(=O)C(c1ccc(O)c(C)c1)N(CCC)C(=O)C(CC(N)=O)NC(=O)OC(C)(C)C. The molecule has 196 valence electrons. The van der Waals surface area contributed by atoms with Crippen LogP contribution < -0.4 is 16.4 Å². The van der Waals surface area contributed by atoms with Crippen LogP contribution >= 0.6 is 0 Å². The van der Waals surface area contributed by atoms with E-state index in [1.807, 2.05) is 13.8 Å². The van der Waals surface area contributed by atoms with Gasteiger partial charge in [0, 0.05) is 13.1 Å². The minimum absolute atomic E-state index is 0.0606. The van der Waals surface area contributed by atoms with Crippen LogP contribution in [0.5, 0.6) is 5.75 Å². The Morgan fingerprint density at radius 3 is 2.31 bits per heavy atom. The molecule has 10 heteroatoms. The number of hydrogen-bond donors (Lipinski definition) is 4. The van der Waals surface area contributed by atoms with Crippen molar-refractivity contribution in [1.82, 2.24) is 15.5 Å². The molecule has 0 fully saturated rings. The average molecular weight is 493 g/mol. The van der Waals surface area contributed by atoms with Crippen molar-refractivity contribution in [2.45, 2.75) is 84.9 Å². The number of amides is 4. The number of hydrogen-bond acceptors (Lipinski definition) is 6. The molecule has 0 radical (unpaired) electrons. The number of primary amides is 1. The second-order valence-electron chi connectivity index (χ2n) is 9.49. The molecule has 0 aliphatic rings. The summed E-state index contributed by atoms with van der Waals surface area (Å²) in [7, 11) is 0. The fourth-order valence-corrected chi connectivity index (χ4v) is 3.47. The molecule has 0 bridgehead atoms. The minimum atomic E-state index is -1.32. The Bertz CT molecular complexity index is 896. The third-order valence-corrected chi connectivity index (χ3v) is 5.07. The molecule has 0 aliphatic heterocycles. The molecule has 0 heterocycles. The minimum Gasteiger partial charge on any atom is -0.508 e. The van der Waals surface area contributed by atoms with Gasteiger partial charge in [0.05, 0.1) is 6.42 Å². The zero-order valence-corrected chi connectivity index (χ0v) is 21.6. The van der Waals surface area contributed by atoms with Gasteiger partial charge in [-0.3, -0.25) is 14.4 Å². The monoisotopic (exact) mass is 492 g/mol. The van der Waals surface area contributed by atoms with E-state index in [0.29, 0.717) is 24.1 Å². The first-order chi connectivity index (χ1) is 16.3. The average Bonchev–Trinajstić information content (AvgIpc) is 2.73. The Morgan fingerprint density at radius 2 is 1.80 bits per heavy atom. The van der Waals surface area contributed by atoms with Crippen molar-refractivity contribution in [3.05, 3.63) is 29.3 Å². The van der Waals surface area contributed by atoms with Crippen LogP contribution in [-0.2, 0) is 19.1 Å². The molecule has 1 rings (SSSR count). The van der Waals surface area contributed by atoms with Gasteiger partial charge in [-0.25, -0.2) is 4.79 Å². The molecule has 0 aliphatic carbocycles. The molecule has 0 spiro atoms. The topological polar surface area (TPSA) is 151 Å². The summed E-state index contributed by atoms with van der Waals surface area (Å²) >= 11 is 0. The van der Waals surface area contributed by atoms with Gasteiger partial charge in [-0.15, -0.1) is 0 Å². The normalized spacial score (nSPS) is 12.9. The second kappa shape index (κ2) is 13.6. The predicted octanol–water partition coefficient (Wildman–Crippen LogP) is 2.67. The van der Waals surface area contributed by atoms with Crippen LogP contribution in [0.15, 0.2) is 18.2 Å². The van der Waals surface area contributed by atoms with Crippen molar-refractivity contribution in [3.63, 3.8) is 0 Å². The number of phenols is 1. The third kappa shape index (κ3) is 9.84. The highest BCUT2D eigenvalue weighted by atomic mass is 16.6. The highest BCUT2D eigenvalue weighted by Crippen LogP contribution is 2.27. The zero-order chi connectivity index (χ0) is 26.8. The number of phenolic OH excluding ortho intramolecular Hbond substituents is 1. The maximum absolute atomic E-state index is 13.7. The third-order valence-electron chi connectivity index (χ3n) is 5.07. The number of nitrogens with zero attached hydrogens (tertiary/aromatic N) is 1. The van der Waals surface area contributed by atoms with E-state index in [1.165, 1.54) is 11.0 Å². The van der Waals surface area contributed by atoms with Crippen LogP contribution in [-0.4, -0.2) is 58.6 Å². The fourth-order valence-electron chi connectivity index (χ4n) is 3.47.